The van der Waals surface area contributed by atoms with Crippen molar-refractivity contribution >= 4 is 15.9 Å². The molecule has 0 bridgehead atoms. The van der Waals surface area contributed by atoms with E-state index in [-0.39, 0.29) is 18.6 Å². The lowest BCUT2D eigenvalue weighted by molar-refractivity contribution is -0.124. The molecule has 2 rings (SSSR count). The smallest absolute Gasteiger partial charge is 0.258 e. The molecule has 1 N–H and O–H groups in total. The number of sulfonamides is 1. The lowest BCUT2D eigenvalue weighted by Crippen LogP contribution is -2.38. The fraction of sp³-hybridized carbons (Fsp3) is 0.588. The van der Waals surface area contributed by atoms with Crippen molar-refractivity contribution in [1.82, 2.24) is 9.62 Å². The van der Waals surface area contributed by atoms with Crippen molar-refractivity contribution in [2.45, 2.75) is 44.7 Å². The summed E-state index contributed by atoms with van der Waals surface area (Å²) >= 11 is 0. The van der Waals surface area contributed by atoms with E-state index in [9.17, 15) is 13.2 Å². The molecule has 0 spiro atoms. The lowest BCUT2D eigenvalue weighted by Gasteiger charge is -2.22. The van der Waals surface area contributed by atoms with Crippen molar-refractivity contribution in [1.29, 1.82) is 0 Å². The average molecular weight is 354 g/mol. The highest BCUT2D eigenvalue weighted by atomic mass is 32.2. The molecule has 134 valence electrons. The first-order valence-electron chi connectivity index (χ1n) is 8.27. The van der Waals surface area contributed by atoms with Gasteiger partial charge in [0.05, 0.1) is 6.26 Å². The van der Waals surface area contributed by atoms with E-state index < -0.39 is 10.0 Å². The van der Waals surface area contributed by atoms with Gasteiger partial charge < -0.3 is 10.1 Å². The Hall–Kier alpha value is -1.60. The maximum Gasteiger partial charge on any atom is 0.258 e. The maximum absolute atomic E-state index is 11.9. The van der Waals surface area contributed by atoms with Crippen LogP contribution in [-0.4, -0.2) is 44.6 Å². The number of carbonyl (C=O) groups is 1. The number of amides is 1. The third kappa shape index (κ3) is 6.13. The van der Waals surface area contributed by atoms with Crippen molar-refractivity contribution in [3.05, 3.63) is 29.8 Å². The van der Waals surface area contributed by atoms with E-state index in [1.165, 1.54) is 36.9 Å². The first-order valence-corrected chi connectivity index (χ1v) is 10.1. The summed E-state index contributed by atoms with van der Waals surface area (Å²) in [7, 11) is -1.66. The molecule has 1 saturated carbocycles. The number of carbonyl (C=O) groups excluding carboxylic acids is 1. The van der Waals surface area contributed by atoms with Crippen LogP contribution in [0.2, 0.25) is 0 Å². The van der Waals surface area contributed by atoms with Crippen LogP contribution >= 0.6 is 0 Å². The molecule has 24 heavy (non-hydrogen) atoms. The van der Waals surface area contributed by atoms with Crippen LogP contribution in [-0.2, 0) is 21.4 Å². The Morgan fingerprint density at radius 3 is 2.42 bits per heavy atom. The van der Waals surface area contributed by atoms with Crippen LogP contribution in [0.3, 0.4) is 0 Å². The molecule has 1 aromatic rings. The van der Waals surface area contributed by atoms with Gasteiger partial charge in [-0.25, -0.2) is 12.7 Å². The first-order chi connectivity index (χ1) is 11.3. The third-order valence-corrected chi connectivity index (χ3v) is 5.50. The van der Waals surface area contributed by atoms with Crippen LogP contribution in [0.4, 0.5) is 0 Å². The van der Waals surface area contributed by atoms with Gasteiger partial charge in [-0.15, -0.1) is 0 Å². The number of benzene rings is 1. The van der Waals surface area contributed by atoms with Crippen molar-refractivity contribution in [3.63, 3.8) is 0 Å². The molecular weight excluding hydrogens is 328 g/mol. The van der Waals surface area contributed by atoms with E-state index in [1.54, 1.807) is 24.3 Å². The minimum Gasteiger partial charge on any atom is -0.484 e. The summed E-state index contributed by atoms with van der Waals surface area (Å²) in [4.78, 5) is 11.9. The molecular formula is C17H26N2O4S. The molecule has 6 nitrogen and oxygen atoms in total. The van der Waals surface area contributed by atoms with Gasteiger partial charge in [0.1, 0.15) is 5.75 Å². The van der Waals surface area contributed by atoms with Crippen molar-refractivity contribution < 1.29 is 17.9 Å². The average Bonchev–Trinajstić information content (AvgIpc) is 2.54. The molecule has 0 saturated heterocycles. The van der Waals surface area contributed by atoms with E-state index in [4.69, 9.17) is 4.74 Å². The highest BCUT2D eigenvalue weighted by Gasteiger charge is 2.16. The fourth-order valence-electron chi connectivity index (χ4n) is 2.73. The van der Waals surface area contributed by atoms with Crippen LogP contribution < -0.4 is 10.1 Å². The zero-order valence-electron chi connectivity index (χ0n) is 14.3. The molecule has 1 amide bonds. The summed E-state index contributed by atoms with van der Waals surface area (Å²) in [5, 5.41) is 3.01. The number of nitrogens with one attached hydrogen (secondary N) is 1. The Morgan fingerprint density at radius 1 is 1.21 bits per heavy atom. The predicted octanol–water partition coefficient (Wildman–Crippen LogP) is 1.91. The standard InChI is InChI=1S/C17H26N2O4S/c1-19(24(2,21)22)12-14-8-10-16(11-9-14)23-13-17(20)18-15-6-4-3-5-7-15/h8-11,15H,3-7,12-13H2,1-2H3,(H,18,20). The monoisotopic (exact) mass is 354 g/mol. The Kier molecular flexibility index (Phi) is 6.62. The zero-order chi connectivity index (χ0) is 17.6. The summed E-state index contributed by atoms with van der Waals surface area (Å²) < 4.78 is 29.6. The van der Waals surface area contributed by atoms with Crippen LogP contribution in [0.5, 0.6) is 5.75 Å². The van der Waals surface area contributed by atoms with Crippen LogP contribution in [0.15, 0.2) is 24.3 Å². The summed E-state index contributed by atoms with van der Waals surface area (Å²) in [6.07, 6.45) is 6.88. The van der Waals surface area contributed by atoms with E-state index >= 15 is 0 Å². The van der Waals surface area contributed by atoms with Gasteiger partial charge in [0.25, 0.3) is 5.91 Å². The van der Waals surface area contributed by atoms with E-state index in [1.807, 2.05) is 0 Å². The molecule has 1 aliphatic rings. The second-order valence-corrected chi connectivity index (χ2v) is 8.44. The van der Waals surface area contributed by atoms with Crippen LogP contribution in [0, 0.1) is 0 Å². The minimum atomic E-state index is -3.20. The van der Waals surface area contributed by atoms with Crippen LogP contribution in [0.1, 0.15) is 37.7 Å². The second kappa shape index (κ2) is 8.48. The fourth-order valence-corrected chi connectivity index (χ4v) is 3.11. The molecule has 0 aromatic heterocycles. The van der Waals surface area contributed by atoms with Crippen LogP contribution in [0.25, 0.3) is 0 Å². The minimum absolute atomic E-state index is 0.000904. The van der Waals surface area contributed by atoms with Gasteiger partial charge in [-0.05, 0) is 30.5 Å². The van der Waals surface area contributed by atoms with Crippen molar-refractivity contribution in [2.24, 2.45) is 0 Å². The molecule has 0 unspecified atom stereocenters. The Balaban J connectivity index is 1.78. The number of nitrogens with zero attached hydrogens (tertiary/aromatic N) is 1. The summed E-state index contributed by atoms with van der Waals surface area (Å²) in [5.74, 6) is 0.502. The van der Waals surface area contributed by atoms with Crippen molar-refractivity contribution in [2.75, 3.05) is 19.9 Å². The van der Waals surface area contributed by atoms with Gasteiger partial charge in [0.2, 0.25) is 10.0 Å². The summed E-state index contributed by atoms with van der Waals surface area (Å²) in [6, 6.07) is 7.38. The normalized spacial score (nSPS) is 16.1. The maximum atomic E-state index is 11.9. The second-order valence-electron chi connectivity index (χ2n) is 6.35. The molecule has 0 atom stereocenters. The van der Waals surface area contributed by atoms with Gasteiger partial charge in [-0.3, -0.25) is 4.79 Å². The van der Waals surface area contributed by atoms with Gasteiger partial charge in [0, 0.05) is 19.6 Å². The van der Waals surface area contributed by atoms with Gasteiger partial charge in [-0.2, -0.15) is 0 Å². The van der Waals surface area contributed by atoms with E-state index in [0.29, 0.717) is 12.3 Å². The zero-order valence-corrected chi connectivity index (χ0v) is 15.1. The molecule has 1 fully saturated rings. The Bertz CT molecular complexity index is 637. The molecule has 0 radical (unpaired) electrons. The molecule has 0 heterocycles. The highest BCUT2D eigenvalue weighted by molar-refractivity contribution is 7.88. The number of rotatable bonds is 7. The third-order valence-electron chi connectivity index (χ3n) is 4.23. The quantitative estimate of drug-likeness (QED) is 0.811. The topological polar surface area (TPSA) is 75.7 Å². The largest absolute Gasteiger partial charge is 0.484 e. The predicted molar refractivity (Wildman–Crippen MR) is 93.3 cm³/mol. The first kappa shape index (κ1) is 18.7. The molecule has 1 aromatic carbocycles. The number of ether oxygens (including phenoxy) is 1. The van der Waals surface area contributed by atoms with E-state index in [0.717, 1.165) is 18.4 Å². The van der Waals surface area contributed by atoms with Gasteiger partial charge >= 0.3 is 0 Å². The number of hydrogen-bond acceptors (Lipinski definition) is 4. The Morgan fingerprint density at radius 2 is 1.83 bits per heavy atom. The summed E-state index contributed by atoms with van der Waals surface area (Å²) in [6.45, 7) is 0.306. The van der Waals surface area contributed by atoms with Crippen molar-refractivity contribution in [3.8, 4) is 5.75 Å². The molecule has 7 heteroatoms. The van der Waals surface area contributed by atoms with Gasteiger partial charge in [0.15, 0.2) is 6.61 Å². The number of hydrogen-bond donors (Lipinski definition) is 1. The van der Waals surface area contributed by atoms with E-state index in [2.05, 4.69) is 5.32 Å². The Labute approximate surface area is 144 Å². The SMILES string of the molecule is CN(Cc1ccc(OCC(=O)NC2CCCCC2)cc1)S(C)(=O)=O. The lowest BCUT2D eigenvalue weighted by atomic mass is 9.95. The highest BCUT2D eigenvalue weighted by Crippen LogP contribution is 2.17. The van der Waals surface area contributed by atoms with Gasteiger partial charge in [-0.1, -0.05) is 31.4 Å². The molecule has 1 aliphatic carbocycles. The summed E-state index contributed by atoms with van der Waals surface area (Å²) in [5.41, 5.74) is 0.863. The molecule has 0 aliphatic heterocycles.